The first kappa shape index (κ1) is 12.9. The van der Waals surface area contributed by atoms with Gasteiger partial charge in [0.2, 0.25) is 0 Å². The molecule has 17 heavy (non-hydrogen) atoms. The lowest BCUT2D eigenvalue weighted by Crippen LogP contribution is -2.29. The Kier molecular flexibility index (Phi) is 4.42. The first-order valence-corrected chi connectivity index (χ1v) is 6.64. The first-order valence-electron chi connectivity index (χ1n) is 5.47. The van der Waals surface area contributed by atoms with E-state index in [0.29, 0.717) is 23.0 Å². The van der Waals surface area contributed by atoms with E-state index < -0.39 is 0 Å². The Morgan fingerprint density at radius 2 is 2.35 bits per heavy atom. The monoisotopic (exact) mass is 317 g/mol. The molecule has 1 aliphatic rings. The summed E-state index contributed by atoms with van der Waals surface area (Å²) in [5, 5.41) is 3.45. The van der Waals surface area contributed by atoms with E-state index in [9.17, 15) is 4.79 Å². The minimum atomic E-state index is -0.0971. The molecule has 0 spiro atoms. The van der Waals surface area contributed by atoms with Crippen molar-refractivity contribution in [2.75, 3.05) is 19.8 Å². The zero-order valence-electron chi connectivity index (χ0n) is 9.21. The predicted octanol–water partition coefficient (Wildman–Crippen LogP) is 2.87. The van der Waals surface area contributed by atoms with Gasteiger partial charge in [0.05, 0.1) is 6.61 Å². The van der Waals surface area contributed by atoms with Crippen LogP contribution in [0.15, 0.2) is 22.7 Å². The molecule has 92 valence electrons. The van der Waals surface area contributed by atoms with Crippen LogP contribution in [0.1, 0.15) is 16.8 Å². The molecule has 0 aliphatic carbocycles. The van der Waals surface area contributed by atoms with Gasteiger partial charge < -0.3 is 10.1 Å². The van der Waals surface area contributed by atoms with Crippen LogP contribution in [0.25, 0.3) is 0 Å². The van der Waals surface area contributed by atoms with Gasteiger partial charge in [0, 0.05) is 34.1 Å². The second-order valence-corrected chi connectivity index (χ2v) is 5.45. The zero-order valence-corrected chi connectivity index (χ0v) is 11.6. The Labute approximate surface area is 114 Å². The van der Waals surface area contributed by atoms with Gasteiger partial charge in [0.25, 0.3) is 5.91 Å². The van der Waals surface area contributed by atoms with Crippen molar-refractivity contribution < 1.29 is 9.53 Å². The molecule has 1 saturated heterocycles. The van der Waals surface area contributed by atoms with Crippen LogP contribution < -0.4 is 5.32 Å². The molecule has 1 N–H and O–H groups in total. The number of hydrogen-bond donors (Lipinski definition) is 1. The number of carbonyl (C=O) groups is 1. The molecule has 5 heteroatoms. The van der Waals surface area contributed by atoms with Crippen LogP contribution in [0, 0.1) is 5.92 Å². The molecule has 0 radical (unpaired) electrons. The van der Waals surface area contributed by atoms with Gasteiger partial charge in [-0.05, 0) is 24.6 Å². The van der Waals surface area contributed by atoms with Gasteiger partial charge in [-0.2, -0.15) is 0 Å². The number of benzene rings is 1. The minimum absolute atomic E-state index is 0.0971. The van der Waals surface area contributed by atoms with Crippen LogP contribution in [-0.4, -0.2) is 25.7 Å². The SMILES string of the molecule is O=C(NCC1CCOC1)c1cc(Cl)cc(Br)c1. The highest BCUT2D eigenvalue weighted by molar-refractivity contribution is 9.10. The summed E-state index contributed by atoms with van der Waals surface area (Å²) in [4.78, 5) is 11.9. The summed E-state index contributed by atoms with van der Waals surface area (Å²) in [5.41, 5.74) is 0.572. The van der Waals surface area contributed by atoms with E-state index >= 15 is 0 Å². The van der Waals surface area contributed by atoms with Crippen LogP contribution in [0.3, 0.4) is 0 Å². The van der Waals surface area contributed by atoms with Crippen LogP contribution in [0.2, 0.25) is 5.02 Å². The van der Waals surface area contributed by atoms with Crippen molar-refractivity contribution in [2.45, 2.75) is 6.42 Å². The maximum absolute atomic E-state index is 11.9. The normalized spacial score (nSPS) is 19.3. The fourth-order valence-corrected chi connectivity index (χ4v) is 2.63. The van der Waals surface area contributed by atoms with E-state index in [1.807, 2.05) is 0 Å². The Morgan fingerprint density at radius 1 is 1.53 bits per heavy atom. The predicted molar refractivity (Wildman–Crippen MR) is 70.4 cm³/mol. The van der Waals surface area contributed by atoms with Gasteiger partial charge in [-0.3, -0.25) is 4.79 Å². The number of halogens is 2. The maximum Gasteiger partial charge on any atom is 0.251 e. The van der Waals surface area contributed by atoms with Gasteiger partial charge in [-0.25, -0.2) is 0 Å². The van der Waals surface area contributed by atoms with E-state index in [-0.39, 0.29) is 5.91 Å². The molecule has 1 atom stereocenters. The average Bonchev–Trinajstić information content (AvgIpc) is 2.77. The van der Waals surface area contributed by atoms with Gasteiger partial charge >= 0.3 is 0 Å². The summed E-state index contributed by atoms with van der Waals surface area (Å²) < 4.78 is 6.06. The lowest BCUT2D eigenvalue weighted by Gasteiger charge is -2.09. The highest BCUT2D eigenvalue weighted by atomic mass is 79.9. The third-order valence-corrected chi connectivity index (χ3v) is 3.38. The smallest absolute Gasteiger partial charge is 0.251 e. The largest absolute Gasteiger partial charge is 0.381 e. The molecule has 1 fully saturated rings. The standard InChI is InChI=1S/C12H13BrClNO2/c13-10-3-9(4-11(14)5-10)12(16)15-6-8-1-2-17-7-8/h3-5,8H,1-2,6-7H2,(H,15,16). The van der Waals surface area contributed by atoms with Crippen molar-refractivity contribution in [3.63, 3.8) is 0 Å². The number of amides is 1. The molecule has 1 aromatic rings. The topological polar surface area (TPSA) is 38.3 Å². The van der Waals surface area contributed by atoms with Gasteiger partial charge in [-0.15, -0.1) is 0 Å². The molecule has 1 aliphatic heterocycles. The zero-order chi connectivity index (χ0) is 12.3. The Hall–Kier alpha value is -0.580. The molecule has 2 rings (SSSR count). The number of carbonyl (C=O) groups excluding carboxylic acids is 1. The Balaban J connectivity index is 1.94. The molecule has 0 bridgehead atoms. The second-order valence-electron chi connectivity index (χ2n) is 4.10. The third-order valence-electron chi connectivity index (χ3n) is 2.70. The lowest BCUT2D eigenvalue weighted by atomic mass is 10.1. The summed E-state index contributed by atoms with van der Waals surface area (Å²) >= 11 is 9.21. The van der Waals surface area contributed by atoms with Crippen molar-refractivity contribution in [2.24, 2.45) is 5.92 Å². The molecule has 0 saturated carbocycles. The van der Waals surface area contributed by atoms with Crippen molar-refractivity contribution in [1.29, 1.82) is 0 Å². The lowest BCUT2D eigenvalue weighted by molar-refractivity contribution is 0.0945. The van der Waals surface area contributed by atoms with Crippen LogP contribution >= 0.6 is 27.5 Å². The Morgan fingerprint density at radius 3 is 3.00 bits per heavy atom. The van der Waals surface area contributed by atoms with Crippen molar-refractivity contribution in [3.8, 4) is 0 Å². The summed E-state index contributed by atoms with van der Waals surface area (Å²) in [6, 6.07) is 5.17. The van der Waals surface area contributed by atoms with E-state index in [2.05, 4.69) is 21.2 Å². The van der Waals surface area contributed by atoms with Crippen molar-refractivity contribution in [1.82, 2.24) is 5.32 Å². The molecular formula is C12H13BrClNO2. The summed E-state index contributed by atoms with van der Waals surface area (Å²) in [5.74, 6) is 0.335. The van der Waals surface area contributed by atoms with E-state index in [1.54, 1.807) is 18.2 Å². The summed E-state index contributed by atoms with van der Waals surface area (Å²) in [7, 11) is 0. The summed E-state index contributed by atoms with van der Waals surface area (Å²) in [6.45, 7) is 2.19. The quantitative estimate of drug-likeness (QED) is 0.930. The van der Waals surface area contributed by atoms with Gasteiger partial charge in [0.1, 0.15) is 0 Å². The van der Waals surface area contributed by atoms with Crippen LogP contribution in [0.4, 0.5) is 0 Å². The third kappa shape index (κ3) is 3.69. The minimum Gasteiger partial charge on any atom is -0.381 e. The van der Waals surface area contributed by atoms with E-state index in [0.717, 1.165) is 24.1 Å². The van der Waals surface area contributed by atoms with Gasteiger partial charge in [-0.1, -0.05) is 27.5 Å². The summed E-state index contributed by atoms with van der Waals surface area (Å²) in [6.07, 6.45) is 1.01. The fourth-order valence-electron chi connectivity index (χ4n) is 1.77. The molecule has 1 heterocycles. The van der Waals surface area contributed by atoms with Crippen LogP contribution in [-0.2, 0) is 4.74 Å². The van der Waals surface area contributed by atoms with Crippen LogP contribution in [0.5, 0.6) is 0 Å². The van der Waals surface area contributed by atoms with Gasteiger partial charge in [0.15, 0.2) is 0 Å². The molecular weight excluding hydrogens is 305 g/mol. The van der Waals surface area contributed by atoms with Crippen molar-refractivity contribution >= 4 is 33.4 Å². The number of ether oxygens (including phenoxy) is 1. The molecule has 1 amide bonds. The molecule has 3 nitrogen and oxygen atoms in total. The van der Waals surface area contributed by atoms with Crippen molar-refractivity contribution in [3.05, 3.63) is 33.3 Å². The molecule has 1 aromatic carbocycles. The van der Waals surface area contributed by atoms with E-state index in [4.69, 9.17) is 16.3 Å². The number of hydrogen-bond acceptors (Lipinski definition) is 2. The molecule has 0 aromatic heterocycles. The second kappa shape index (κ2) is 5.85. The highest BCUT2D eigenvalue weighted by Crippen LogP contribution is 2.19. The maximum atomic E-state index is 11.9. The first-order chi connectivity index (χ1) is 8.15. The number of rotatable bonds is 3. The average molecular weight is 319 g/mol. The Bertz CT molecular complexity index is 399. The fraction of sp³-hybridized carbons (Fsp3) is 0.417. The highest BCUT2D eigenvalue weighted by Gasteiger charge is 2.17. The molecule has 1 unspecified atom stereocenters. The number of nitrogens with one attached hydrogen (secondary N) is 1. The van der Waals surface area contributed by atoms with E-state index in [1.165, 1.54) is 0 Å².